The van der Waals surface area contributed by atoms with E-state index in [0.717, 1.165) is 54.8 Å². The van der Waals surface area contributed by atoms with Gasteiger partial charge in [0.15, 0.2) is 0 Å². The Balaban J connectivity index is 1.33. The second-order valence-electron chi connectivity index (χ2n) is 11.0. The predicted molar refractivity (Wildman–Crippen MR) is 168 cm³/mol. The van der Waals surface area contributed by atoms with E-state index in [-0.39, 0.29) is 11.9 Å². The molecule has 1 atom stereocenters. The maximum absolute atomic E-state index is 13.1. The van der Waals surface area contributed by atoms with Crippen LogP contribution in [0.15, 0.2) is 73.1 Å². The molecule has 0 spiro atoms. The first kappa shape index (κ1) is 29.3. The molecule has 3 heterocycles. The Bertz CT molecular complexity index is 1520. The summed E-state index contributed by atoms with van der Waals surface area (Å²) >= 11 is 0. The van der Waals surface area contributed by atoms with Crippen LogP contribution in [0.4, 0.5) is 22.0 Å². The summed E-state index contributed by atoms with van der Waals surface area (Å²) in [5.41, 5.74) is 4.42. The highest BCUT2D eigenvalue weighted by molar-refractivity contribution is 6.04. The van der Waals surface area contributed by atoms with Gasteiger partial charge in [0.25, 0.3) is 5.91 Å². The summed E-state index contributed by atoms with van der Waals surface area (Å²) in [5, 5.41) is 16.6. The van der Waals surface area contributed by atoms with Gasteiger partial charge in [-0.2, -0.15) is 0 Å². The number of rotatable bonds is 9. The normalized spacial score (nSPS) is 15.0. The molecule has 3 N–H and O–H groups in total. The summed E-state index contributed by atoms with van der Waals surface area (Å²) in [6.45, 7) is 7.87. The molecule has 0 unspecified atom stereocenters. The second-order valence-corrected chi connectivity index (χ2v) is 11.0. The van der Waals surface area contributed by atoms with E-state index in [4.69, 9.17) is 0 Å². The molecule has 9 nitrogen and oxygen atoms in total. The van der Waals surface area contributed by atoms with Crippen LogP contribution >= 0.6 is 0 Å². The molecule has 220 valence electrons. The number of aromatic nitrogens is 2. The van der Waals surface area contributed by atoms with Crippen molar-refractivity contribution in [2.24, 2.45) is 0 Å². The summed E-state index contributed by atoms with van der Waals surface area (Å²) in [7, 11) is 1.60. The molecule has 42 heavy (non-hydrogen) atoms. The highest BCUT2D eigenvalue weighted by Crippen LogP contribution is 2.31. The first-order valence-electron chi connectivity index (χ1n) is 14.7. The van der Waals surface area contributed by atoms with E-state index >= 15 is 0 Å². The highest BCUT2D eigenvalue weighted by atomic mass is 16.3. The van der Waals surface area contributed by atoms with Gasteiger partial charge in [-0.25, -0.2) is 9.78 Å². The van der Waals surface area contributed by atoms with Crippen molar-refractivity contribution in [2.45, 2.75) is 45.1 Å². The average Bonchev–Trinajstić information content (AvgIpc) is 3.44. The molecule has 2 aromatic heterocycles. The number of fused-ring (bicyclic) bond motifs is 1. The summed E-state index contributed by atoms with van der Waals surface area (Å²) < 4.78 is 1.57. The van der Waals surface area contributed by atoms with E-state index in [1.165, 1.54) is 5.56 Å². The average molecular weight is 569 g/mol. The van der Waals surface area contributed by atoms with Crippen LogP contribution in [-0.2, 0) is 0 Å². The van der Waals surface area contributed by atoms with Crippen molar-refractivity contribution in [1.29, 1.82) is 0 Å². The SMILES string of the molecule is CCN1CCC(c2ccc(C(=O)Nc3cc(N(CC[C@@H](C)O)c4ccc5c(ccn5C(=O)NC)c4)ccn3)cc2)CC1. The van der Waals surface area contributed by atoms with Crippen molar-refractivity contribution in [3.8, 4) is 0 Å². The Hall–Kier alpha value is -4.21. The van der Waals surface area contributed by atoms with E-state index in [1.54, 1.807) is 30.9 Å². The Morgan fingerprint density at radius 3 is 2.48 bits per heavy atom. The third-order valence-corrected chi connectivity index (χ3v) is 8.16. The van der Waals surface area contributed by atoms with Gasteiger partial charge in [0.2, 0.25) is 0 Å². The van der Waals surface area contributed by atoms with E-state index in [2.05, 4.69) is 44.5 Å². The number of likely N-dealkylation sites (tertiary alicyclic amines) is 1. The van der Waals surface area contributed by atoms with Gasteiger partial charge >= 0.3 is 6.03 Å². The molecule has 0 radical (unpaired) electrons. The van der Waals surface area contributed by atoms with Gasteiger partial charge in [-0.3, -0.25) is 9.36 Å². The first-order chi connectivity index (χ1) is 20.4. The number of aliphatic hydroxyl groups is 1. The molecule has 2 amide bonds. The fourth-order valence-corrected chi connectivity index (χ4v) is 5.65. The molecule has 1 fully saturated rings. The second kappa shape index (κ2) is 13.2. The molecular formula is C33H40N6O3. The lowest BCUT2D eigenvalue weighted by molar-refractivity contribution is 0.102. The zero-order chi connectivity index (χ0) is 29.6. The standard InChI is InChI=1S/C33H40N6O3/c1-4-37-17-13-25(14-18-37)24-5-7-26(8-6-24)32(41)36-31-22-29(11-16-35-31)38(19-12-23(2)40)28-9-10-30-27(21-28)15-20-39(30)33(42)34-3/h5-11,15-16,20-23,25,40H,4,12-14,17-19H2,1-3H3,(H,34,42)(H,35,36,41)/t23-/m1/s1. The maximum Gasteiger partial charge on any atom is 0.325 e. The van der Waals surface area contributed by atoms with Gasteiger partial charge in [0.1, 0.15) is 5.82 Å². The van der Waals surface area contributed by atoms with Crippen LogP contribution in [0.2, 0.25) is 0 Å². The minimum absolute atomic E-state index is 0.204. The summed E-state index contributed by atoms with van der Waals surface area (Å²) in [4.78, 5) is 34.3. The fourth-order valence-electron chi connectivity index (χ4n) is 5.65. The van der Waals surface area contributed by atoms with Gasteiger partial charge in [-0.1, -0.05) is 19.1 Å². The van der Waals surface area contributed by atoms with E-state index < -0.39 is 6.10 Å². The number of carbonyl (C=O) groups excluding carboxylic acids is 2. The first-order valence-corrected chi connectivity index (χ1v) is 14.7. The van der Waals surface area contributed by atoms with Crippen molar-refractivity contribution in [3.63, 3.8) is 0 Å². The molecule has 4 aromatic rings. The molecule has 9 heteroatoms. The third-order valence-electron chi connectivity index (χ3n) is 8.16. The van der Waals surface area contributed by atoms with Crippen LogP contribution in [0.25, 0.3) is 10.9 Å². The summed E-state index contributed by atoms with van der Waals surface area (Å²) in [5.74, 6) is 0.777. The number of aliphatic hydroxyl groups excluding tert-OH is 1. The number of benzene rings is 2. The van der Waals surface area contributed by atoms with Crippen molar-refractivity contribution in [3.05, 3.63) is 84.2 Å². The van der Waals surface area contributed by atoms with Crippen LogP contribution < -0.4 is 15.5 Å². The van der Waals surface area contributed by atoms with Gasteiger partial charge in [-0.15, -0.1) is 0 Å². The van der Waals surface area contributed by atoms with Crippen LogP contribution in [0.3, 0.4) is 0 Å². The number of hydrogen-bond acceptors (Lipinski definition) is 6. The Morgan fingerprint density at radius 2 is 1.79 bits per heavy atom. The number of carbonyl (C=O) groups is 2. The predicted octanol–water partition coefficient (Wildman–Crippen LogP) is 5.58. The smallest absolute Gasteiger partial charge is 0.325 e. The molecule has 2 aromatic carbocycles. The third kappa shape index (κ3) is 6.64. The lowest BCUT2D eigenvalue weighted by atomic mass is 9.89. The number of hydrogen-bond donors (Lipinski definition) is 3. The van der Waals surface area contributed by atoms with Crippen LogP contribution in [0, 0.1) is 0 Å². The number of nitrogens with zero attached hydrogens (tertiary/aromatic N) is 4. The van der Waals surface area contributed by atoms with Crippen molar-refractivity contribution < 1.29 is 14.7 Å². The highest BCUT2D eigenvalue weighted by Gasteiger charge is 2.20. The molecular weight excluding hydrogens is 528 g/mol. The largest absolute Gasteiger partial charge is 0.393 e. The number of nitrogens with one attached hydrogen (secondary N) is 2. The molecule has 1 aliphatic rings. The van der Waals surface area contributed by atoms with Gasteiger partial charge in [0.05, 0.1) is 11.6 Å². The monoisotopic (exact) mass is 568 g/mol. The van der Waals surface area contributed by atoms with Gasteiger partial charge in [-0.05, 0) is 99.8 Å². The van der Waals surface area contributed by atoms with Crippen molar-refractivity contribution in [1.82, 2.24) is 19.8 Å². The Labute approximate surface area is 247 Å². The lowest BCUT2D eigenvalue weighted by Crippen LogP contribution is -2.32. The Kier molecular flexibility index (Phi) is 9.19. The minimum atomic E-state index is -0.478. The van der Waals surface area contributed by atoms with Crippen molar-refractivity contribution >= 4 is 40.0 Å². The van der Waals surface area contributed by atoms with Crippen LogP contribution in [0.5, 0.6) is 0 Å². The zero-order valence-electron chi connectivity index (χ0n) is 24.6. The molecule has 0 saturated carbocycles. The van der Waals surface area contributed by atoms with Gasteiger partial charge < -0.3 is 25.5 Å². The molecule has 1 saturated heterocycles. The number of piperidine rings is 1. The quantitative estimate of drug-likeness (QED) is 0.244. The lowest BCUT2D eigenvalue weighted by Gasteiger charge is -2.31. The summed E-state index contributed by atoms with van der Waals surface area (Å²) in [6.07, 6.45) is 5.78. The zero-order valence-corrected chi connectivity index (χ0v) is 24.6. The molecule has 5 rings (SSSR count). The van der Waals surface area contributed by atoms with E-state index in [0.29, 0.717) is 30.3 Å². The fraction of sp³-hybridized carbons (Fsp3) is 0.364. The van der Waals surface area contributed by atoms with Crippen LogP contribution in [-0.4, -0.2) is 70.8 Å². The molecule has 0 aliphatic carbocycles. The van der Waals surface area contributed by atoms with Gasteiger partial charge in [0, 0.05) is 54.4 Å². The van der Waals surface area contributed by atoms with E-state index in [1.807, 2.05) is 48.5 Å². The molecule has 0 bridgehead atoms. The van der Waals surface area contributed by atoms with E-state index in [9.17, 15) is 14.7 Å². The number of pyridine rings is 1. The van der Waals surface area contributed by atoms with Crippen molar-refractivity contribution in [2.75, 3.05) is 43.4 Å². The molecule has 1 aliphatic heterocycles. The minimum Gasteiger partial charge on any atom is -0.393 e. The van der Waals surface area contributed by atoms with Crippen LogP contribution in [0.1, 0.15) is 54.9 Å². The maximum atomic E-state index is 13.1. The number of anilines is 3. The number of amides is 2. The topological polar surface area (TPSA) is 103 Å². The Morgan fingerprint density at radius 1 is 1.05 bits per heavy atom. The summed E-state index contributed by atoms with van der Waals surface area (Å²) in [6, 6.07) is 19.3.